The van der Waals surface area contributed by atoms with Crippen LogP contribution < -0.4 is 10.1 Å². The number of benzene rings is 2. The van der Waals surface area contributed by atoms with E-state index in [1.807, 2.05) is 47.1 Å². The topological polar surface area (TPSA) is 69.0 Å². The molecule has 2 aromatic carbocycles. The lowest BCUT2D eigenvalue weighted by Gasteiger charge is -2.32. The molecule has 152 valence electrons. The molecule has 2 heterocycles. The van der Waals surface area contributed by atoms with Gasteiger partial charge in [0.15, 0.2) is 5.78 Å². The van der Waals surface area contributed by atoms with Gasteiger partial charge in [-0.05, 0) is 36.1 Å². The highest BCUT2D eigenvalue weighted by Crippen LogP contribution is 2.41. The molecule has 1 aromatic heterocycles. The number of rotatable bonds is 5. The first-order valence-electron chi connectivity index (χ1n) is 10.0. The van der Waals surface area contributed by atoms with Gasteiger partial charge in [0.2, 0.25) is 11.1 Å². The molecule has 7 heteroatoms. The van der Waals surface area contributed by atoms with Crippen LogP contribution in [0.15, 0.2) is 71.0 Å². The molecular formula is C23H22N4O2S. The Morgan fingerprint density at radius 3 is 2.87 bits per heavy atom. The number of aromatic nitrogens is 3. The van der Waals surface area contributed by atoms with Gasteiger partial charge in [0.05, 0.1) is 7.11 Å². The second-order valence-corrected chi connectivity index (χ2v) is 8.35. The third-order valence-corrected chi connectivity index (χ3v) is 6.38. The minimum atomic E-state index is -0.294. The second-order valence-electron chi connectivity index (χ2n) is 7.41. The molecule has 0 saturated heterocycles. The summed E-state index contributed by atoms with van der Waals surface area (Å²) in [5, 5.41) is 8.86. The Labute approximate surface area is 179 Å². The molecular weight excluding hydrogens is 396 g/mol. The van der Waals surface area contributed by atoms with Crippen molar-refractivity contribution in [3.63, 3.8) is 0 Å². The van der Waals surface area contributed by atoms with E-state index in [0.717, 1.165) is 41.2 Å². The zero-order valence-electron chi connectivity index (χ0n) is 16.7. The van der Waals surface area contributed by atoms with E-state index in [9.17, 15) is 4.79 Å². The number of nitrogens with zero attached hydrogens (tertiary/aromatic N) is 3. The van der Waals surface area contributed by atoms with Crippen molar-refractivity contribution < 1.29 is 9.53 Å². The number of ether oxygens (including phenoxy) is 1. The summed E-state index contributed by atoms with van der Waals surface area (Å²) in [6.07, 6.45) is 2.28. The third-order valence-electron chi connectivity index (χ3n) is 5.47. The lowest BCUT2D eigenvalue weighted by atomic mass is 9.85. The first kappa shape index (κ1) is 18.9. The predicted molar refractivity (Wildman–Crippen MR) is 117 cm³/mol. The van der Waals surface area contributed by atoms with Crippen LogP contribution in [0.2, 0.25) is 0 Å². The van der Waals surface area contributed by atoms with Gasteiger partial charge in [-0.25, -0.2) is 4.68 Å². The maximum absolute atomic E-state index is 12.9. The van der Waals surface area contributed by atoms with Crippen molar-refractivity contribution in [1.82, 2.24) is 14.8 Å². The van der Waals surface area contributed by atoms with Crippen LogP contribution in [0.4, 0.5) is 5.95 Å². The summed E-state index contributed by atoms with van der Waals surface area (Å²) in [6, 6.07) is 17.8. The summed E-state index contributed by atoms with van der Waals surface area (Å²) in [5.74, 6) is 2.42. The Hall–Kier alpha value is -3.06. The normalized spacial score (nSPS) is 17.9. The molecule has 0 saturated carbocycles. The number of allylic oxidation sites excluding steroid dienone is 2. The summed E-state index contributed by atoms with van der Waals surface area (Å²) in [6.45, 7) is 0. The summed E-state index contributed by atoms with van der Waals surface area (Å²) in [4.78, 5) is 17.6. The van der Waals surface area contributed by atoms with Crippen molar-refractivity contribution in [2.75, 3.05) is 12.4 Å². The van der Waals surface area contributed by atoms with Gasteiger partial charge >= 0.3 is 0 Å². The second kappa shape index (κ2) is 7.99. The highest BCUT2D eigenvalue weighted by Gasteiger charge is 2.37. The summed E-state index contributed by atoms with van der Waals surface area (Å²) >= 11 is 1.59. The van der Waals surface area contributed by atoms with E-state index in [1.165, 1.54) is 5.56 Å². The smallest absolute Gasteiger partial charge is 0.227 e. The van der Waals surface area contributed by atoms with Gasteiger partial charge in [0, 0.05) is 23.4 Å². The Morgan fingerprint density at radius 1 is 1.17 bits per heavy atom. The highest BCUT2D eigenvalue weighted by molar-refractivity contribution is 7.98. The van der Waals surface area contributed by atoms with Gasteiger partial charge < -0.3 is 10.1 Å². The van der Waals surface area contributed by atoms with Gasteiger partial charge in [0.1, 0.15) is 11.8 Å². The zero-order chi connectivity index (χ0) is 20.5. The number of methoxy groups -OCH3 is 1. The first-order valence-corrected chi connectivity index (χ1v) is 11.0. The van der Waals surface area contributed by atoms with Gasteiger partial charge in [-0.2, -0.15) is 4.98 Å². The number of carbonyl (C=O) groups excluding carboxylic acids is 1. The zero-order valence-corrected chi connectivity index (χ0v) is 17.5. The number of carbonyl (C=O) groups is 1. The Morgan fingerprint density at radius 2 is 2.03 bits per heavy atom. The van der Waals surface area contributed by atoms with E-state index in [1.54, 1.807) is 18.9 Å². The van der Waals surface area contributed by atoms with Crippen molar-refractivity contribution in [1.29, 1.82) is 0 Å². The minimum Gasteiger partial charge on any atom is -0.497 e. The van der Waals surface area contributed by atoms with E-state index in [-0.39, 0.29) is 11.8 Å². The van der Waals surface area contributed by atoms with Gasteiger partial charge in [-0.1, -0.05) is 54.2 Å². The largest absolute Gasteiger partial charge is 0.497 e. The number of nitrogens with one attached hydrogen (secondary N) is 1. The summed E-state index contributed by atoms with van der Waals surface area (Å²) in [7, 11) is 1.65. The van der Waals surface area contributed by atoms with E-state index < -0.39 is 0 Å². The molecule has 0 radical (unpaired) electrons. The van der Waals surface area contributed by atoms with Gasteiger partial charge in [-0.15, -0.1) is 5.10 Å². The van der Waals surface area contributed by atoms with E-state index in [4.69, 9.17) is 14.8 Å². The number of hydrogen-bond acceptors (Lipinski definition) is 6. The van der Waals surface area contributed by atoms with Crippen LogP contribution in [0, 0.1) is 0 Å². The quantitative estimate of drug-likeness (QED) is 0.611. The Balaban J connectivity index is 1.53. The maximum Gasteiger partial charge on any atom is 0.227 e. The molecule has 1 aliphatic heterocycles. The fourth-order valence-electron chi connectivity index (χ4n) is 4.04. The van der Waals surface area contributed by atoms with Crippen LogP contribution in [0.3, 0.4) is 0 Å². The van der Waals surface area contributed by atoms with Crippen molar-refractivity contribution >= 4 is 23.5 Å². The molecule has 1 aliphatic carbocycles. The summed E-state index contributed by atoms with van der Waals surface area (Å²) in [5.41, 5.74) is 3.97. The molecule has 0 unspecified atom stereocenters. The standard InChI is InChI=1S/C23H22N4O2S/c1-29-17-10-5-9-16(13-17)21-20-18(11-6-12-19(20)28)24-22-25-23(26-27(21)22)30-14-15-7-3-2-4-8-15/h2-5,7-10,13,21H,6,11-12,14H2,1H3,(H,24,25,26)/t21-/m0/s1. The fraction of sp³-hybridized carbons (Fsp3) is 0.261. The number of Topliss-reactive ketones (excluding diaryl/α,β-unsaturated/α-hetero) is 1. The SMILES string of the molecule is COc1cccc([C@H]2C3=C(CCCC3=O)Nc3nc(SCc4ccccc4)nn32)c1. The highest BCUT2D eigenvalue weighted by atomic mass is 32.2. The van der Waals surface area contributed by atoms with Crippen LogP contribution in [0.25, 0.3) is 0 Å². The van der Waals surface area contributed by atoms with Crippen molar-refractivity contribution in [2.24, 2.45) is 0 Å². The molecule has 3 aromatic rings. The Kier molecular flexibility index (Phi) is 5.04. The molecule has 0 fully saturated rings. The molecule has 0 bridgehead atoms. The van der Waals surface area contributed by atoms with E-state index >= 15 is 0 Å². The van der Waals surface area contributed by atoms with Gasteiger partial charge in [0.25, 0.3) is 0 Å². The minimum absolute atomic E-state index is 0.177. The van der Waals surface area contributed by atoms with Crippen LogP contribution in [-0.2, 0) is 10.5 Å². The molecule has 0 amide bonds. The van der Waals surface area contributed by atoms with Crippen molar-refractivity contribution in [3.05, 3.63) is 77.0 Å². The molecule has 5 rings (SSSR count). The average molecular weight is 419 g/mol. The number of hydrogen-bond donors (Lipinski definition) is 1. The number of ketones is 1. The molecule has 1 N–H and O–H groups in total. The molecule has 2 aliphatic rings. The number of fused-ring (bicyclic) bond motifs is 1. The number of anilines is 1. The fourth-order valence-corrected chi connectivity index (χ4v) is 4.82. The average Bonchev–Trinajstić information content (AvgIpc) is 3.19. The molecule has 6 nitrogen and oxygen atoms in total. The Bertz CT molecular complexity index is 1120. The van der Waals surface area contributed by atoms with Crippen molar-refractivity contribution in [3.8, 4) is 5.75 Å². The van der Waals surface area contributed by atoms with Crippen LogP contribution in [0.5, 0.6) is 5.75 Å². The maximum atomic E-state index is 12.9. The van der Waals surface area contributed by atoms with E-state index in [2.05, 4.69) is 17.4 Å². The number of thioether (sulfide) groups is 1. The monoisotopic (exact) mass is 418 g/mol. The predicted octanol–water partition coefficient (Wildman–Crippen LogP) is 4.60. The molecule has 1 atom stereocenters. The van der Waals surface area contributed by atoms with Crippen LogP contribution in [0.1, 0.15) is 36.4 Å². The van der Waals surface area contributed by atoms with Crippen LogP contribution >= 0.6 is 11.8 Å². The molecule has 30 heavy (non-hydrogen) atoms. The summed E-state index contributed by atoms with van der Waals surface area (Å²) < 4.78 is 7.27. The lowest BCUT2D eigenvalue weighted by Crippen LogP contribution is -2.31. The first-order chi connectivity index (χ1) is 14.7. The van der Waals surface area contributed by atoms with Gasteiger partial charge in [-0.3, -0.25) is 4.79 Å². The van der Waals surface area contributed by atoms with Crippen LogP contribution in [-0.4, -0.2) is 27.7 Å². The molecule has 0 spiro atoms. The van der Waals surface area contributed by atoms with Crippen molar-refractivity contribution in [2.45, 2.75) is 36.2 Å². The third kappa shape index (κ3) is 3.50. The van der Waals surface area contributed by atoms with E-state index in [0.29, 0.717) is 17.5 Å². The lowest BCUT2D eigenvalue weighted by molar-refractivity contribution is -0.116.